The Morgan fingerprint density at radius 1 is 0.706 bits per heavy atom. The highest BCUT2D eigenvalue weighted by Gasteiger charge is 2.29. The number of aromatic amines is 2. The summed E-state index contributed by atoms with van der Waals surface area (Å²) in [5.41, 5.74) is 0.854. The Morgan fingerprint density at radius 2 is 1.32 bits per heavy atom. The molecule has 0 atom stereocenters. The SMILES string of the molecule is O=C(Nc1ccc(Nc2nc(=O)[nH]c(=O)[nH]2)cc1)c1ccc2c(c1)C(=O)c1ccccc1C2=O. The highest BCUT2D eigenvalue weighted by molar-refractivity contribution is 6.28. The number of benzene rings is 3. The standard InChI is InChI=1S/C24H15N5O5/c30-19-15-3-1-2-4-16(15)20(31)18-11-12(5-10-17(18)19)21(32)25-13-6-8-14(9-7-13)26-22-27-23(33)29-24(34)28-22/h1-11H,(H,25,32)(H3,26,27,28,29,33,34). The van der Waals surface area contributed by atoms with Crippen molar-refractivity contribution in [2.75, 3.05) is 10.6 Å². The summed E-state index contributed by atoms with van der Waals surface area (Å²) in [7, 11) is 0. The molecule has 166 valence electrons. The summed E-state index contributed by atoms with van der Waals surface area (Å²) < 4.78 is 0. The van der Waals surface area contributed by atoms with Gasteiger partial charge in [0, 0.05) is 39.2 Å². The van der Waals surface area contributed by atoms with Gasteiger partial charge in [0.25, 0.3) is 5.91 Å². The van der Waals surface area contributed by atoms with E-state index in [0.717, 1.165) is 0 Å². The summed E-state index contributed by atoms with van der Waals surface area (Å²) in [5, 5.41) is 5.51. The predicted molar refractivity (Wildman–Crippen MR) is 123 cm³/mol. The number of carbonyl (C=O) groups excluding carboxylic acids is 3. The fraction of sp³-hybridized carbons (Fsp3) is 0. The van der Waals surface area contributed by atoms with Crippen molar-refractivity contribution in [3.63, 3.8) is 0 Å². The topological polar surface area (TPSA) is 154 Å². The van der Waals surface area contributed by atoms with Crippen LogP contribution in [0.3, 0.4) is 0 Å². The van der Waals surface area contributed by atoms with Crippen molar-refractivity contribution >= 4 is 34.8 Å². The minimum atomic E-state index is -0.788. The molecule has 0 unspecified atom stereocenters. The third-order valence-corrected chi connectivity index (χ3v) is 5.26. The molecule has 0 bridgehead atoms. The van der Waals surface area contributed by atoms with Gasteiger partial charge in [-0.25, -0.2) is 9.59 Å². The summed E-state index contributed by atoms with van der Waals surface area (Å²) >= 11 is 0. The summed E-state index contributed by atoms with van der Waals surface area (Å²) in [6, 6.07) is 17.4. The van der Waals surface area contributed by atoms with Gasteiger partial charge in [0.1, 0.15) is 0 Å². The van der Waals surface area contributed by atoms with Gasteiger partial charge in [-0.1, -0.05) is 24.3 Å². The molecule has 1 amide bonds. The molecule has 1 aliphatic rings. The maximum atomic E-state index is 12.9. The van der Waals surface area contributed by atoms with E-state index in [1.807, 2.05) is 4.98 Å². The van der Waals surface area contributed by atoms with Crippen LogP contribution in [0.25, 0.3) is 0 Å². The van der Waals surface area contributed by atoms with Crippen molar-refractivity contribution in [2.45, 2.75) is 0 Å². The molecule has 5 rings (SSSR count). The smallest absolute Gasteiger partial charge is 0.326 e. The number of hydrogen-bond donors (Lipinski definition) is 4. The van der Waals surface area contributed by atoms with E-state index >= 15 is 0 Å². The Labute approximate surface area is 190 Å². The number of H-pyrrole nitrogens is 2. The van der Waals surface area contributed by atoms with Crippen LogP contribution in [0.2, 0.25) is 0 Å². The lowest BCUT2D eigenvalue weighted by Gasteiger charge is -2.18. The molecule has 0 fully saturated rings. The molecular formula is C24H15N5O5. The summed E-state index contributed by atoms with van der Waals surface area (Å²) in [6.45, 7) is 0. The fourth-order valence-electron chi connectivity index (χ4n) is 3.67. The predicted octanol–water partition coefficient (Wildman–Crippen LogP) is 2.23. The Balaban J connectivity index is 1.34. The van der Waals surface area contributed by atoms with E-state index in [2.05, 4.69) is 20.6 Å². The molecule has 3 aromatic carbocycles. The van der Waals surface area contributed by atoms with E-state index in [4.69, 9.17) is 0 Å². The normalized spacial score (nSPS) is 12.0. The molecule has 1 aromatic heterocycles. The number of ketones is 2. The molecule has 1 aliphatic carbocycles. The van der Waals surface area contributed by atoms with Crippen LogP contribution < -0.4 is 22.0 Å². The van der Waals surface area contributed by atoms with Gasteiger partial charge >= 0.3 is 11.4 Å². The van der Waals surface area contributed by atoms with E-state index in [1.165, 1.54) is 18.2 Å². The minimum Gasteiger partial charge on any atom is -0.326 e. The van der Waals surface area contributed by atoms with E-state index in [9.17, 15) is 24.0 Å². The first-order valence-electron chi connectivity index (χ1n) is 10.1. The lowest BCUT2D eigenvalue weighted by atomic mass is 9.83. The van der Waals surface area contributed by atoms with E-state index in [1.54, 1.807) is 48.5 Å². The number of nitrogens with zero attached hydrogens (tertiary/aromatic N) is 1. The monoisotopic (exact) mass is 453 g/mol. The zero-order chi connectivity index (χ0) is 23.8. The third kappa shape index (κ3) is 3.79. The number of fused-ring (bicyclic) bond motifs is 2. The van der Waals surface area contributed by atoms with Crippen LogP contribution in [0.5, 0.6) is 0 Å². The van der Waals surface area contributed by atoms with E-state index in [0.29, 0.717) is 22.5 Å². The molecule has 0 aliphatic heterocycles. The molecule has 0 radical (unpaired) electrons. The summed E-state index contributed by atoms with van der Waals surface area (Å²) in [6.07, 6.45) is 0. The summed E-state index contributed by atoms with van der Waals surface area (Å²) in [5.74, 6) is -1.04. The van der Waals surface area contributed by atoms with Gasteiger partial charge in [-0.3, -0.25) is 24.4 Å². The average molecular weight is 453 g/mol. The van der Waals surface area contributed by atoms with Crippen LogP contribution in [-0.4, -0.2) is 32.4 Å². The van der Waals surface area contributed by atoms with Crippen LogP contribution >= 0.6 is 0 Å². The van der Waals surface area contributed by atoms with Crippen LogP contribution in [0.1, 0.15) is 42.2 Å². The number of carbonyl (C=O) groups is 3. The molecule has 0 saturated carbocycles. The zero-order valence-electron chi connectivity index (χ0n) is 17.3. The van der Waals surface area contributed by atoms with Crippen LogP contribution in [-0.2, 0) is 0 Å². The number of aromatic nitrogens is 3. The lowest BCUT2D eigenvalue weighted by Crippen LogP contribution is -2.25. The molecule has 0 spiro atoms. The molecule has 4 aromatic rings. The van der Waals surface area contributed by atoms with Crippen molar-refractivity contribution in [1.29, 1.82) is 0 Å². The average Bonchev–Trinajstić information content (AvgIpc) is 2.83. The van der Waals surface area contributed by atoms with Crippen LogP contribution in [0, 0.1) is 0 Å². The van der Waals surface area contributed by atoms with Gasteiger partial charge < -0.3 is 10.6 Å². The molecule has 4 N–H and O–H groups in total. The highest BCUT2D eigenvalue weighted by atomic mass is 16.2. The second-order valence-corrected chi connectivity index (χ2v) is 7.47. The number of amides is 1. The van der Waals surface area contributed by atoms with Crippen molar-refractivity contribution in [3.05, 3.63) is 116 Å². The van der Waals surface area contributed by atoms with Gasteiger partial charge in [-0.2, -0.15) is 4.98 Å². The zero-order valence-corrected chi connectivity index (χ0v) is 17.3. The molecular weight excluding hydrogens is 438 g/mol. The maximum absolute atomic E-state index is 12.9. The molecule has 1 heterocycles. The number of nitrogens with one attached hydrogen (secondary N) is 4. The van der Waals surface area contributed by atoms with E-state index in [-0.39, 0.29) is 34.2 Å². The second-order valence-electron chi connectivity index (χ2n) is 7.47. The first kappa shape index (κ1) is 20.8. The molecule has 10 nitrogen and oxygen atoms in total. The van der Waals surface area contributed by atoms with Crippen LogP contribution in [0.4, 0.5) is 17.3 Å². The fourth-order valence-corrected chi connectivity index (χ4v) is 3.67. The van der Waals surface area contributed by atoms with Crippen molar-refractivity contribution in [2.24, 2.45) is 0 Å². The molecule has 0 saturated heterocycles. The van der Waals surface area contributed by atoms with Gasteiger partial charge in [0.15, 0.2) is 11.6 Å². The van der Waals surface area contributed by atoms with Crippen LogP contribution in [0.15, 0.2) is 76.3 Å². The molecule has 10 heteroatoms. The van der Waals surface area contributed by atoms with Crippen molar-refractivity contribution in [1.82, 2.24) is 15.0 Å². The van der Waals surface area contributed by atoms with E-state index < -0.39 is 17.3 Å². The minimum absolute atomic E-state index is 0.0274. The highest BCUT2D eigenvalue weighted by Crippen LogP contribution is 2.28. The number of anilines is 3. The Morgan fingerprint density at radius 3 is 2.00 bits per heavy atom. The number of rotatable bonds is 4. The van der Waals surface area contributed by atoms with Gasteiger partial charge in [-0.05, 0) is 42.5 Å². The largest absolute Gasteiger partial charge is 0.352 e. The Hall–Kier alpha value is -5.12. The first-order valence-corrected chi connectivity index (χ1v) is 10.1. The van der Waals surface area contributed by atoms with Gasteiger partial charge in [0.05, 0.1) is 0 Å². The van der Waals surface area contributed by atoms with Gasteiger partial charge in [0.2, 0.25) is 5.95 Å². The number of hydrogen-bond acceptors (Lipinski definition) is 7. The Bertz CT molecular complexity index is 1570. The summed E-state index contributed by atoms with van der Waals surface area (Å²) in [4.78, 5) is 68.9. The lowest BCUT2D eigenvalue weighted by molar-refractivity contribution is 0.0978. The first-order chi connectivity index (χ1) is 16.4. The van der Waals surface area contributed by atoms with Crippen molar-refractivity contribution < 1.29 is 14.4 Å². The van der Waals surface area contributed by atoms with Gasteiger partial charge in [-0.15, -0.1) is 0 Å². The van der Waals surface area contributed by atoms with Crippen molar-refractivity contribution in [3.8, 4) is 0 Å². The third-order valence-electron chi connectivity index (χ3n) is 5.26. The molecule has 34 heavy (non-hydrogen) atoms. The Kier molecular flexibility index (Phi) is 4.94. The quantitative estimate of drug-likeness (QED) is 0.325. The maximum Gasteiger partial charge on any atom is 0.352 e. The second kappa shape index (κ2) is 8.10.